The van der Waals surface area contributed by atoms with E-state index in [-0.39, 0.29) is 18.4 Å². The van der Waals surface area contributed by atoms with Crippen LogP contribution in [0.4, 0.5) is 10.5 Å². The molecule has 0 heterocycles. The van der Waals surface area contributed by atoms with E-state index in [1.165, 1.54) is 12.0 Å². The Morgan fingerprint density at radius 1 is 1.29 bits per heavy atom. The highest BCUT2D eigenvalue weighted by molar-refractivity contribution is 5.95. The van der Waals surface area contributed by atoms with Gasteiger partial charge in [0, 0.05) is 24.8 Å². The van der Waals surface area contributed by atoms with Gasteiger partial charge < -0.3 is 20.7 Å². The van der Waals surface area contributed by atoms with E-state index in [1.807, 2.05) is 0 Å². The Kier molecular flexibility index (Phi) is 5.71. The molecule has 0 aliphatic rings. The summed E-state index contributed by atoms with van der Waals surface area (Å²) in [5, 5.41) is 2.41. The van der Waals surface area contributed by atoms with Gasteiger partial charge in [0.1, 0.15) is 0 Å². The number of hydrogen-bond acceptors (Lipinski definition) is 4. The number of nitrogens with two attached hydrogens (primary N) is 1. The molecule has 1 atom stereocenters. The summed E-state index contributed by atoms with van der Waals surface area (Å²) in [6.07, 6.45) is 0. The van der Waals surface area contributed by atoms with Crippen molar-refractivity contribution in [2.24, 2.45) is 11.7 Å². The number of esters is 1. The van der Waals surface area contributed by atoms with Crippen molar-refractivity contribution >= 4 is 23.6 Å². The smallest absolute Gasteiger partial charge is 0.316 e. The van der Waals surface area contributed by atoms with Crippen molar-refractivity contribution in [2.45, 2.75) is 6.92 Å². The second kappa shape index (κ2) is 7.28. The van der Waals surface area contributed by atoms with Crippen molar-refractivity contribution < 1.29 is 19.1 Å². The molecule has 0 spiro atoms. The molecule has 114 valence electrons. The number of primary amides is 1. The van der Waals surface area contributed by atoms with E-state index in [1.54, 1.807) is 38.2 Å². The average molecular weight is 293 g/mol. The molecule has 1 unspecified atom stereocenters. The van der Waals surface area contributed by atoms with Crippen LogP contribution >= 0.6 is 0 Å². The molecule has 0 aliphatic carbocycles. The molecular weight excluding hydrogens is 274 g/mol. The molecule has 0 aliphatic heterocycles. The van der Waals surface area contributed by atoms with Gasteiger partial charge in [0.15, 0.2) is 0 Å². The Morgan fingerprint density at radius 2 is 1.86 bits per heavy atom. The molecule has 0 radical (unpaired) electrons. The number of hydrogen-bond donors (Lipinski definition) is 2. The SMILES string of the molecule is COC(=O)C(C)CN(C)C(=O)c1ccc(NC(N)=O)cc1. The minimum atomic E-state index is -0.668. The van der Waals surface area contributed by atoms with Crippen molar-refractivity contribution in [3.63, 3.8) is 0 Å². The van der Waals surface area contributed by atoms with Crippen molar-refractivity contribution in [2.75, 3.05) is 26.0 Å². The van der Waals surface area contributed by atoms with Gasteiger partial charge in [-0.2, -0.15) is 0 Å². The molecule has 0 saturated carbocycles. The minimum absolute atomic E-state index is 0.226. The summed E-state index contributed by atoms with van der Waals surface area (Å²) in [4.78, 5) is 35.7. The lowest BCUT2D eigenvalue weighted by atomic mass is 10.1. The van der Waals surface area contributed by atoms with E-state index in [0.29, 0.717) is 11.3 Å². The van der Waals surface area contributed by atoms with Crippen molar-refractivity contribution in [1.82, 2.24) is 4.90 Å². The second-order valence-electron chi connectivity index (χ2n) is 4.68. The van der Waals surface area contributed by atoms with Crippen LogP contribution in [0.15, 0.2) is 24.3 Å². The third-order valence-corrected chi connectivity index (χ3v) is 2.90. The summed E-state index contributed by atoms with van der Waals surface area (Å²) in [7, 11) is 2.92. The van der Waals surface area contributed by atoms with E-state index < -0.39 is 11.9 Å². The molecule has 1 aromatic rings. The molecule has 7 heteroatoms. The Bertz CT molecular complexity index is 528. The van der Waals surface area contributed by atoms with E-state index in [0.717, 1.165) is 0 Å². The lowest BCUT2D eigenvalue weighted by Crippen LogP contribution is -2.34. The first kappa shape index (κ1) is 16.5. The van der Waals surface area contributed by atoms with Crippen molar-refractivity contribution in [3.05, 3.63) is 29.8 Å². The standard InChI is InChI=1S/C14H19N3O4/c1-9(13(19)21-3)8-17(2)12(18)10-4-6-11(7-5-10)16-14(15)20/h4-7,9H,8H2,1-3H3,(H3,15,16,20). The van der Waals surface area contributed by atoms with Crippen LogP contribution in [-0.2, 0) is 9.53 Å². The van der Waals surface area contributed by atoms with Crippen molar-refractivity contribution in [3.8, 4) is 0 Å². The number of anilines is 1. The highest BCUT2D eigenvalue weighted by Gasteiger charge is 2.19. The first-order valence-electron chi connectivity index (χ1n) is 6.35. The van der Waals surface area contributed by atoms with Crippen LogP contribution in [0.3, 0.4) is 0 Å². The van der Waals surface area contributed by atoms with Gasteiger partial charge in [0.05, 0.1) is 13.0 Å². The van der Waals surface area contributed by atoms with Crippen LogP contribution in [0.1, 0.15) is 17.3 Å². The van der Waals surface area contributed by atoms with Gasteiger partial charge in [0.25, 0.3) is 5.91 Å². The highest BCUT2D eigenvalue weighted by atomic mass is 16.5. The number of carbonyl (C=O) groups is 3. The summed E-state index contributed by atoms with van der Waals surface area (Å²) < 4.78 is 4.62. The number of urea groups is 1. The average Bonchev–Trinajstić information content (AvgIpc) is 2.45. The number of rotatable bonds is 5. The van der Waals surface area contributed by atoms with Gasteiger partial charge in [-0.3, -0.25) is 9.59 Å². The molecule has 0 fully saturated rings. The zero-order valence-electron chi connectivity index (χ0n) is 12.3. The molecule has 21 heavy (non-hydrogen) atoms. The number of carbonyl (C=O) groups excluding carboxylic acids is 3. The van der Waals surface area contributed by atoms with Gasteiger partial charge in [0.2, 0.25) is 0 Å². The number of amides is 3. The van der Waals surface area contributed by atoms with Crippen LogP contribution in [0.5, 0.6) is 0 Å². The predicted octanol–water partition coefficient (Wildman–Crippen LogP) is 1.06. The minimum Gasteiger partial charge on any atom is -0.469 e. The first-order chi connectivity index (χ1) is 9.85. The van der Waals surface area contributed by atoms with Gasteiger partial charge in [-0.25, -0.2) is 4.79 Å². The lowest BCUT2D eigenvalue weighted by molar-refractivity contribution is -0.145. The Morgan fingerprint density at radius 3 is 2.33 bits per heavy atom. The molecular formula is C14H19N3O4. The zero-order valence-corrected chi connectivity index (χ0v) is 12.3. The third kappa shape index (κ3) is 4.79. The van der Waals surface area contributed by atoms with Crippen LogP contribution in [0.2, 0.25) is 0 Å². The van der Waals surface area contributed by atoms with E-state index in [2.05, 4.69) is 10.1 Å². The fourth-order valence-corrected chi connectivity index (χ4v) is 1.83. The zero-order chi connectivity index (χ0) is 16.0. The lowest BCUT2D eigenvalue weighted by Gasteiger charge is -2.20. The molecule has 0 aromatic heterocycles. The molecule has 0 saturated heterocycles. The van der Waals surface area contributed by atoms with Crippen LogP contribution in [0.25, 0.3) is 0 Å². The molecule has 0 bridgehead atoms. The van der Waals surface area contributed by atoms with E-state index >= 15 is 0 Å². The number of nitrogens with zero attached hydrogens (tertiary/aromatic N) is 1. The molecule has 7 nitrogen and oxygen atoms in total. The quantitative estimate of drug-likeness (QED) is 0.792. The summed E-state index contributed by atoms with van der Waals surface area (Å²) >= 11 is 0. The van der Waals surface area contributed by atoms with Crippen molar-refractivity contribution in [1.29, 1.82) is 0 Å². The largest absolute Gasteiger partial charge is 0.469 e. The van der Waals surface area contributed by atoms with E-state index in [9.17, 15) is 14.4 Å². The fraction of sp³-hybridized carbons (Fsp3) is 0.357. The maximum Gasteiger partial charge on any atom is 0.316 e. The number of benzene rings is 1. The maximum absolute atomic E-state index is 12.2. The third-order valence-electron chi connectivity index (χ3n) is 2.90. The van der Waals surface area contributed by atoms with Gasteiger partial charge in [-0.15, -0.1) is 0 Å². The van der Waals surface area contributed by atoms with Gasteiger partial charge >= 0.3 is 12.0 Å². The number of methoxy groups -OCH3 is 1. The highest BCUT2D eigenvalue weighted by Crippen LogP contribution is 2.12. The normalized spacial score (nSPS) is 11.4. The summed E-state index contributed by atoms with van der Waals surface area (Å²) in [5.74, 6) is -0.994. The summed E-state index contributed by atoms with van der Waals surface area (Å²) in [6, 6.07) is 5.64. The van der Waals surface area contributed by atoms with E-state index in [4.69, 9.17) is 5.73 Å². The number of ether oxygens (including phenoxy) is 1. The monoisotopic (exact) mass is 293 g/mol. The fourth-order valence-electron chi connectivity index (χ4n) is 1.83. The summed E-state index contributed by atoms with van der Waals surface area (Å²) in [6.45, 7) is 1.95. The van der Waals surface area contributed by atoms with Crippen LogP contribution in [-0.4, -0.2) is 43.5 Å². The first-order valence-corrected chi connectivity index (χ1v) is 6.35. The predicted molar refractivity (Wildman–Crippen MR) is 77.8 cm³/mol. The maximum atomic E-state index is 12.2. The number of nitrogens with one attached hydrogen (secondary N) is 1. The Labute approximate surface area is 123 Å². The molecule has 1 rings (SSSR count). The molecule has 3 N–H and O–H groups in total. The molecule has 3 amide bonds. The van der Waals surface area contributed by atoms with Crippen LogP contribution in [0, 0.1) is 5.92 Å². The molecule has 1 aromatic carbocycles. The van der Waals surface area contributed by atoms with Gasteiger partial charge in [-0.05, 0) is 24.3 Å². The Balaban J connectivity index is 2.69. The Hall–Kier alpha value is -2.57. The topological polar surface area (TPSA) is 102 Å². The van der Waals surface area contributed by atoms with Gasteiger partial charge in [-0.1, -0.05) is 6.92 Å². The van der Waals surface area contributed by atoms with Crippen LogP contribution < -0.4 is 11.1 Å². The second-order valence-corrected chi connectivity index (χ2v) is 4.68. The summed E-state index contributed by atoms with van der Waals surface area (Å²) in [5.41, 5.74) is 5.95.